The zero-order chi connectivity index (χ0) is 20.8. The Morgan fingerprint density at radius 1 is 1.19 bits per heavy atom. The number of hydrogen-bond acceptors (Lipinski definition) is 7. The molecule has 1 fully saturated rings. The molecule has 9 nitrogen and oxygen atoms in total. The Bertz CT molecular complexity index is 1260. The highest BCUT2D eigenvalue weighted by molar-refractivity contribution is 5.75. The monoisotopic (exact) mass is 420 g/mol. The Morgan fingerprint density at radius 3 is 3.00 bits per heavy atom. The second kappa shape index (κ2) is 7.31. The van der Waals surface area contributed by atoms with Gasteiger partial charge in [-0.05, 0) is 32.0 Å². The molecular weight excluding hydrogens is 399 g/mol. The van der Waals surface area contributed by atoms with E-state index in [1.54, 1.807) is 6.20 Å². The molecule has 2 aliphatic heterocycles. The van der Waals surface area contributed by atoms with E-state index in [1.165, 1.54) is 12.4 Å². The number of ether oxygens (including phenoxy) is 1. The smallest absolute Gasteiger partial charge is 0.168 e. The summed E-state index contributed by atoms with van der Waals surface area (Å²) in [6.45, 7) is 2.47. The van der Waals surface area contributed by atoms with Gasteiger partial charge in [-0.3, -0.25) is 10.1 Å². The van der Waals surface area contributed by atoms with Crippen molar-refractivity contribution in [3.8, 4) is 17.0 Å². The first-order valence-corrected chi connectivity index (χ1v) is 10.4. The lowest BCUT2D eigenvalue weighted by Gasteiger charge is -2.24. The van der Waals surface area contributed by atoms with Crippen molar-refractivity contribution in [1.82, 2.24) is 35.0 Å². The maximum atomic E-state index is 14.4. The van der Waals surface area contributed by atoms with E-state index in [0.29, 0.717) is 23.9 Å². The first kappa shape index (κ1) is 18.3. The van der Waals surface area contributed by atoms with E-state index in [9.17, 15) is 4.39 Å². The zero-order valence-electron chi connectivity index (χ0n) is 16.7. The summed E-state index contributed by atoms with van der Waals surface area (Å²) in [5, 5.41) is 13.9. The van der Waals surface area contributed by atoms with Crippen molar-refractivity contribution in [3.63, 3.8) is 0 Å². The summed E-state index contributed by atoms with van der Waals surface area (Å²) in [5.74, 6) is 1.55. The zero-order valence-corrected chi connectivity index (χ0v) is 16.7. The summed E-state index contributed by atoms with van der Waals surface area (Å²) >= 11 is 0. The van der Waals surface area contributed by atoms with Crippen molar-refractivity contribution in [1.29, 1.82) is 0 Å². The molecule has 6 rings (SSSR count). The van der Waals surface area contributed by atoms with Crippen LogP contribution in [0, 0.1) is 5.82 Å². The Balaban J connectivity index is 1.30. The summed E-state index contributed by atoms with van der Waals surface area (Å²) in [4.78, 5) is 13.3. The summed E-state index contributed by atoms with van der Waals surface area (Å²) in [6, 6.07) is 4.00. The quantitative estimate of drug-likeness (QED) is 0.466. The number of rotatable bonds is 4. The molecule has 0 aliphatic carbocycles. The topological polar surface area (TPSA) is 106 Å². The number of fused-ring (bicyclic) bond motifs is 2. The summed E-state index contributed by atoms with van der Waals surface area (Å²) in [5.41, 5.74) is 3.54. The fourth-order valence-corrected chi connectivity index (χ4v) is 4.34. The number of H-pyrrole nitrogens is 1. The SMILES string of the molecule is Fc1cn(C2CCNCC2)c2nc(Nc3cc(-c4ccnc5c4OCC5)[nH]n3)cnc12. The van der Waals surface area contributed by atoms with Crippen LogP contribution in [0.3, 0.4) is 0 Å². The number of aromatic amines is 1. The molecule has 4 aromatic rings. The number of halogens is 1. The van der Waals surface area contributed by atoms with E-state index in [2.05, 4.69) is 35.8 Å². The molecular formula is C21H21FN8O. The van der Waals surface area contributed by atoms with E-state index >= 15 is 0 Å². The molecule has 0 spiro atoms. The molecule has 0 aromatic carbocycles. The molecule has 0 radical (unpaired) electrons. The van der Waals surface area contributed by atoms with Crippen molar-refractivity contribution in [3.05, 3.63) is 42.2 Å². The third-order valence-corrected chi connectivity index (χ3v) is 5.87. The second-order valence-electron chi connectivity index (χ2n) is 7.82. The minimum absolute atomic E-state index is 0.212. The van der Waals surface area contributed by atoms with E-state index in [-0.39, 0.29) is 17.4 Å². The van der Waals surface area contributed by atoms with Crippen LogP contribution in [0.5, 0.6) is 5.75 Å². The van der Waals surface area contributed by atoms with Crippen LogP contribution >= 0.6 is 0 Å². The van der Waals surface area contributed by atoms with E-state index < -0.39 is 0 Å². The minimum Gasteiger partial charge on any atom is -0.491 e. The van der Waals surface area contributed by atoms with Crippen LogP contribution < -0.4 is 15.4 Å². The largest absolute Gasteiger partial charge is 0.491 e. The lowest BCUT2D eigenvalue weighted by atomic mass is 10.1. The van der Waals surface area contributed by atoms with Gasteiger partial charge in [0.1, 0.15) is 11.3 Å². The van der Waals surface area contributed by atoms with Gasteiger partial charge in [0.15, 0.2) is 23.1 Å². The van der Waals surface area contributed by atoms with Gasteiger partial charge in [0.2, 0.25) is 0 Å². The summed E-state index contributed by atoms with van der Waals surface area (Å²) in [7, 11) is 0. The maximum Gasteiger partial charge on any atom is 0.168 e. The Morgan fingerprint density at radius 2 is 2.10 bits per heavy atom. The molecule has 10 heteroatoms. The van der Waals surface area contributed by atoms with Gasteiger partial charge in [-0.25, -0.2) is 14.4 Å². The maximum absolute atomic E-state index is 14.4. The Labute approximate surface area is 177 Å². The van der Waals surface area contributed by atoms with E-state index in [0.717, 1.165) is 55.1 Å². The molecule has 4 aromatic heterocycles. The van der Waals surface area contributed by atoms with Crippen LogP contribution in [-0.2, 0) is 6.42 Å². The van der Waals surface area contributed by atoms with Gasteiger partial charge in [0.25, 0.3) is 0 Å². The molecule has 3 N–H and O–H groups in total. The van der Waals surface area contributed by atoms with Crippen LogP contribution in [0.1, 0.15) is 24.6 Å². The number of hydrogen-bond donors (Lipinski definition) is 3. The molecule has 31 heavy (non-hydrogen) atoms. The molecule has 0 amide bonds. The van der Waals surface area contributed by atoms with Crippen molar-refractivity contribution in [2.24, 2.45) is 0 Å². The van der Waals surface area contributed by atoms with Crippen LogP contribution in [0.2, 0.25) is 0 Å². The van der Waals surface area contributed by atoms with Crippen molar-refractivity contribution >= 4 is 22.8 Å². The summed E-state index contributed by atoms with van der Waals surface area (Å²) < 4.78 is 22.1. The van der Waals surface area contributed by atoms with Crippen molar-refractivity contribution in [2.45, 2.75) is 25.3 Å². The fourth-order valence-electron chi connectivity index (χ4n) is 4.34. The van der Waals surface area contributed by atoms with Gasteiger partial charge in [0, 0.05) is 36.5 Å². The van der Waals surface area contributed by atoms with Gasteiger partial charge in [0.05, 0.1) is 24.2 Å². The van der Waals surface area contributed by atoms with Gasteiger partial charge < -0.3 is 19.9 Å². The Hall–Kier alpha value is -3.53. The van der Waals surface area contributed by atoms with Gasteiger partial charge in [-0.15, -0.1) is 0 Å². The first-order chi connectivity index (χ1) is 15.3. The number of piperidine rings is 1. The van der Waals surface area contributed by atoms with Crippen molar-refractivity contribution in [2.75, 3.05) is 25.0 Å². The lowest BCUT2D eigenvalue weighted by Crippen LogP contribution is -2.29. The number of anilines is 2. The first-order valence-electron chi connectivity index (χ1n) is 10.4. The second-order valence-corrected chi connectivity index (χ2v) is 7.82. The normalized spacial score (nSPS) is 16.4. The lowest BCUT2D eigenvalue weighted by molar-refractivity contribution is 0.358. The molecule has 6 heterocycles. The van der Waals surface area contributed by atoms with Crippen LogP contribution in [0.25, 0.3) is 22.4 Å². The molecule has 2 aliphatic rings. The highest BCUT2D eigenvalue weighted by atomic mass is 19.1. The number of nitrogens with one attached hydrogen (secondary N) is 3. The highest BCUT2D eigenvalue weighted by Gasteiger charge is 2.22. The van der Waals surface area contributed by atoms with Gasteiger partial charge in [-0.2, -0.15) is 5.10 Å². The minimum atomic E-state index is -0.346. The molecule has 0 unspecified atom stereocenters. The predicted octanol–water partition coefficient (Wildman–Crippen LogP) is 2.96. The van der Waals surface area contributed by atoms with Gasteiger partial charge >= 0.3 is 0 Å². The molecule has 0 bridgehead atoms. The molecule has 1 saturated heterocycles. The number of nitrogens with zero attached hydrogens (tertiary/aromatic N) is 5. The molecule has 0 saturated carbocycles. The van der Waals surface area contributed by atoms with Crippen molar-refractivity contribution < 1.29 is 9.13 Å². The third-order valence-electron chi connectivity index (χ3n) is 5.87. The molecule has 158 valence electrons. The number of aromatic nitrogens is 6. The average molecular weight is 420 g/mol. The fraction of sp³-hybridized carbons (Fsp3) is 0.333. The average Bonchev–Trinajstić information content (AvgIpc) is 3.53. The Kier molecular flexibility index (Phi) is 4.30. The van der Waals surface area contributed by atoms with E-state index in [4.69, 9.17) is 4.74 Å². The van der Waals surface area contributed by atoms with E-state index in [1.807, 2.05) is 16.7 Å². The van der Waals surface area contributed by atoms with Crippen LogP contribution in [-0.4, -0.2) is 49.4 Å². The van der Waals surface area contributed by atoms with Crippen LogP contribution in [0.15, 0.2) is 30.7 Å². The third kappa shape index (κ3) is 3.19. The number of pyridine rings is 1. The van der Waals surface area contributed by atoms with Crippen LogP contribution in [0.4, 0.5) is 16.0 Å². The summed E-state index contributed by atoms with van der Waals surface area (Å²) in [6.07, 6.45) is 7.50. The highest BCUT2D eigenvalue weighted by Crippen LogP contribution is 2.35. The molecule has 0 atom stereocenters. The predicted molar refractivity (Wildman–Crippen MR) is 113 cm³/mol. The standard InChI is InChI=1S/C21H21FN8O/c22-14-11-30(12-1-5-23-6-2-12)21-19(14)25-10-18(27-21)26-17-9-16(28-29-17)13-3-7-24-15-4-8-31-20(13)15/h3,7,9-12,23H,1-2,4-6,8H2,(H2,26,27,28,29). The van der Waals surface area contributed by atoms with Gasteiger partial charge in [-0.1, -0.05) is 0 Å².